The third kappa shape index (κ3) is 1.88. The molecule has 0 radical (unpaired) electrons. The fourth-order valence-electron chi connectivity index (χ4n) is 1.02. The third-order valence-electron chi connectivity index (χ3n) is 1.51. The lowest BCUT2D eigenvalue weighted by Crippen LogP contribution is -2.19. The van der Waals surface area contributed by atoms with E-state index in [1.807, 2.05) is 6.08 Å². The van der Waals surface area contributed by atoms with E-state index in [1.54, 1.807) is 0 Å². The van der Waals surface area contributed by atoms with Crippen molar-refractivity contribution in [2.45, 2.75) is 19.3 Å². The monoisotopic (exact) mass is 124 g/mol. The lowest BCUT2D eigenvalue weighted by atomic mass is 10.1. The summed E-state index contributed by atoms with van der Waals surface area (Å²) in [4.78, 5) is 0. The molecule has 1 rings (SSSR count). The van der Waals surface area contributed by atoms with Crippen molar-refractivity contribution < 1.29 is 0 Å². The smallest absolute Gasteiger partial charge is 0.0194 e. The fraction of sp³-hybridized carbons (Fsp3) is 0.571. The van der Waals surface area contributed by atoms with Crippen LogP contribution in [0.25, 0.3) is 0 Å². The maximum absolute atomic E-state index is 6.80. The van der Waals surface area contributed by atoms with Gasteiger partial charge in [0.15, 0.2) is 0 Å². The van der Waals surface area contributed by atoms with Crippen molar-refractivity contribution in [2.24, 2.45) is 0 Å². The first kappa shape index (κ1) is 6.33. The van der Waals surface area contributed by atoms with Gasteiger partial charge >= 0.3 is 0 Å². The van der Waals surface area contributed by atoms with Crippen molar-refractivity contribution in [3.8, 4) is 0 Å². The van der Waals surface area contributed by atoms with Crippen molar-refractivity contribution in [1.29, 1.82) is 5.41 Å². The largest absolute Gasteiger partial charge is 0.388 e. The third-order valence-corrected chi connectivity index (χ3v) is 1.51. The Morgan fingerprint density at radius 3 is 2.89 bits per heavy atom. The Morgan fingerprint density at radius 1 is 1.44 bits per heavy atom. The van der Waals surface area contributed by atoms with Gasteiger partial charge in [0.05, 0.1) is 0 Å². The number of hydrogen-bond donors (Lipinski definition) is 2. The van der Waals surface area contributed by atoms with Crippen LogP contribution in [0.2, 0.25) is 0 Å². The van der Waals surface area contributed by atoms with Gasteiger partial charge in [0.2, 0.25) is 0 Å². The Bertz CT molecular complexity index is 119. The molecule has 1 aliphatic heterocycles. The molecule has 0 aromatic heterocycles. The molecule has 2 heteroatoms. The van der Waals surface area contributed by atoms with Gasteiger partial charge in [0.1, 0.15) is 0 Å². The van der Waals surface area contributed by atoms with E-state index < -0.39 is 0 Å². The van der Waals surface area contributed by atoms with Crippen LogP contribution in [0.3, 0.4) is 0 Å². The zero-order chi connectivity index (χ0) is 6.53. The number of rotatable bonds is 1. The zero-order valence-corrected chi connectivity index (χ0v) is 5.48. The highest BCUT2D eigenvalue weighted by atomic mass is 14.9. The highest BCUT2D eigenvalue weighted by Gasteiger charge is 2.00. The molecule has 2 nitrogen and oxygen atoms in total. The second-order valence-electron chi connectivity index (χ2n) is 2.24. The predicted octanol–water partition coefficient (Wildman–Crippen LogP) is 1.29. The summed E-state index contributed by atoms with van der Waals surface area (Å²) >= 11 is 0. The number of allylic oxidation sites excluding steroid dienone is 2. The van der Waals surface area contributed by atoms with Gasteiger partial charge in [-0.05, 0) is 25.3 Å². The van der Waals surface area contributed by atoms with Crippen LogP contribution >= 0.6 is 0 Å². The van der Waals surface area contributed by atoms with Crippen molar-refractivity contribution in [3.63, 3.8) is 0 Å². The van der Waals surface area contributed by atoms with Crippen LogP contribution in [0, 0.1) is 5.41 Å². The molecule has 1 fully saturated rings. The molecule has 0 amide bonds. The van der Waals surface area contributed by atoms with Crippen molar-refractivity contribution in [1.82, 2.24) is 5.32 Å². The molecular weight excluding hydrogens is 112 g/mol. The van der Waals surface area contributed by atoms with Crippen molar-refractivity contribution in [2.75, 3.05) is 6.54 Å². The van der Waals surface area contributed by atoms with Gasteiger partial charge < -0.3 is 10.7 Å². The molecule has 0 bridgehead atoms. The first-order chi connectivity index (χ1) is 4.43. The minimum absolute atomic E-state index is 1.08. The molecule has 9 heavy (non-hydrogen) atoms. The average molecular weight is 124 g/mol. The summed E-state index contributed by atoms with van der Waals surface area (Å²) < 4.78 is 0. The van der Waals surface area contributed by atoms with E-state index in [-0.39, 0.29) is 0 Å². The van der Waals surface area contributed by atoms with E-state index in [2.05, 4.69) is 5.32 Å². The molecule has 0 spiro atoms. The Labute approximate surface area is 55.5 Å². The van der Waals surface area contributed by atoms with E-state index in [9.17, 15) is 0 Å². The summed E-state index contributed by atoms with van der Waals surface area (Å²) in [6, 6.07) is 0. The summed E-state index contributed by atoms with van der Waals surface area (Å²) in [5.41, 5.74) is 1.22. The van der Waals surface area contributed by atoms with Gasteiger partial charge in [-0.3, -0.25) is 0 Å². The van der Waals surface area contributed by atoms with Crippen LogP contribution in [0.5, 0.6) is 0 Å². The molecule has 1 saturated heterocycles. The zero-order valence-electron chi connectivity index (χ0n) is 5.48. The molecule has 0 aromatic rings. The molecule has 2 N–H and O–H groups in total. The molecular formula is C7H12N2. The van der Waals surface area contributed by atoms with E-state index in [0.29, 0.717) is 0 Å². The molecule has 0 aromatic carbocycles. The SMILES string of the molecule is N=C/C=C1/CCCCN1. The van der Waals surface area contributed by atoms with Crippen LogP contribution in [-0.2, 0) is 0 Å². The summed E-state index contributed by atoms with van der Waals surface area (Å²) in [6.07, 6.45) is 6.84. The maximum atomic E-state index is 6.80. The molecule has 0 atom stereocenters. The molecule has 50 valence electrons. The van der Waals surface area contributed by atoms with Crippen molar-refractivity contribution in [3.05, 3.63) is 11.8 Å². The van der Waals surface area contributed by atoms with Crippen LogP contribution in [0.4, 0.5) is 0 Å². The standard InChI is InChI=1S/C7H12N2/c8-5-4-7-3-1-2-6-9-7/h4-5,8-9H,1-3,6H2/b7-4-,8-5?. The molecule has 0 aliphatic carbocycles. The quantitative estimate of drug-likeness (QED) is 0.508. The van der Waals surface area contributed by atoms with E-state index >= 15 is 0 Å². The first-order valence-electron chi connectivity index (χ1n) is 3.37. The highest BCUT2D eigenvalue weighted by Crippen LogP contribution is 2.08. The van der Waals surface area contributed by atoms with E-state index in [0.717, 1.165) is 13.0 Å². The highest BCUT2D eigenvalue weighted by molar-refractivity contribution is 5.68. The van der Waals surface area contributed by atoms with Crippen LogP contribution in [-0.4, -0.2) is 12.8 Å². The molecule has 0 saturated carbocycles. The summed E-state index contributed by atoms with van der Waals surface area (Å²) in [6.45, 7) is 1.08. The second-order valence-corrected chi connectivity index (χ2v) is 2.24. The Balaban J connectivity index is 2.39. The minimum Gasteiger partial charge on any atom is -0.388 e. The summed E-state index contributed by atoms with van der Waals surface area (Å²) in [5, 5.41) is 10.0. The molecule has 1 heterocycles. The minimum atomic E-state index is 1.08. The lowest BCUT2D eigenvalue weighted by molar-refractivity contribution is 0.589. The Morgan fingerprint density at radius 2 is 2.33 bits per heavy atom. The van der Waals surface area contributed by atoms with Crippen molar-refractivity contribution >= 4 is 6.21 Å². The summed E-state index contributed by atoms with van der Waals surface area (Å²) in [7, 11) is 0. The number of hydrogen-bond acceptors (Lipinski definition) is 2. The average Bonchev–Trinajstić information content (AvgIpc) is 1.91. The summed E-state index contributed by atoms with van der Waals surface area (Å²) in [5.74, 6) is 0. The second kappa shape index (κ2) is 3.28. The lowest BCUT2D eigenvalue weighted by Gasteiger charge is -2.15. The maximum Gasteiger partial charge on any atom is 0.0194 e. The predicted molar refractivity (Wildman–Crippen MR) is 38.7 cm³/mol. The normalized spacial score (nSPS) is 23.3. The van der Waals surface area contributed by atoms with Gasteiger partial charge in [-0.2, -0.15) is 0 Å². The van der Waals surface area contributed by atoms with Gasteiger partial charge in [0.25, 0.3) is 0 Å². The van der Waals surface area contributed by atoms with Crippen LogP contribution < -0.4 is 5.32 Å². The van der Waals surface area contributed by atoms with Gasteiger partial charge in [-0.25, -0.2) is 0 Å². The van der Waals surface area contributed by atoms with E-state index in [4.69, 9.17) is 5.41 Å². The molecule has 0 unspecified atom stereocenters. The van der Waals surface area contributed by atoms with E-state index in [1.165, 1.54) is 24.8 Å². The first-order valence-corrected chi connectivity index (χ1v) is 3.37. The fourth-order valence-corrected chi connectivity index (χ4v) is 1.02. The number of piperidine rings is 1. The Hall–Kier alpha value is -0.790. The van der Waals surface area contributed by atoms with Gasteiger partial charge in [-0.15, -0.1) is 0 Å². The molecule has 1 aliphatic rings. The van der Waals surface area contributed by atoms with Gasteiger partial charge in [0, 0.05) is 18.5 Å². The van der Waals surface area contributed by atoms with Crippen LogP contribution in [0.1, 0.15) is 19.3 Å². The Kier molecular flexibility index (Phi) is 2.31. The van der Waals surface area contributed by atoms with Crippen LogP contribution in [0.15, 0.2) is 11.8 Å². The number of nitrogens with one attached hydrogen (secondary N) is 2. The van der Waals surface area contributed by atoms with Gasteiger partial charge in [-0.1, -0.05) is 0 Å². The topological polar surface area (TPSA) is 35.9 Å².